The molecule has 2 amide bonds. The second-order valence-corrected chi connectivity index (χ2v) is 4.87. The van der Waals surface area contributed by atoms with E-state index < -0.39 is 11.8 Å². The molecule has 0 atom stereocenters. The molecule has 0 fully saturated rings. The number of fused-ring (bicyclic) bond motifs is 1. The Labute approximate surface area is 120 Å². The third-order valence-corrected chi connectivity index (χ3v) is 2.88. The maximum Gasteiger partial charge on any atom is 0.290 e. The number of carbonyl (C=O) groups excluding carboxylic acids is 2. The highest BCUT2D eigenvalue weighted by Gasteiger charge is 2.17. The van der Waals surface area contributed by atoms with Crippen LogP contribution >= 0.6 is 0 Å². The van der Waals surface area contributed by atoms with Crippen molar-refractivity contribution in [3.8, 4) is 0 Å². The van der Waals surface area contributed by atoms with E-state index in [-0.39, 0.29) is 17.3 Å². The molecular formula is C14H16N4O3. The molecule has 0 radical (unpaired) electrons. The Balaban J connectivity index is 2.62. The summed E-state index contributed by atoms with van der Waals surface area (Å²) in [5, 5.41) is 4.98. The van der Waals surface area contributed by atoms with Gasteiger partial charge in [0.25, 0.3) is 11.5 Å². The van der Waals surface area contributed by atoms with Gasteiger partial charge in [-0.3, -0.25) is 25.2 Å². The van der Waals surface area contributed by atoms with E-state index in [0.29, 0.717) is 10.8 Å². The predicted molar refractivity (Wildman–Crippen MR) is 77.7 cm³/mol. The summed E-state index contributed by atoms with van der Waals surface area (Å²) in [5.41, 5.74) is 4.30. The molecule has 21 heavy (non-hydrogen) atoms. The number of nitrogens with one attached hydrogen (secondary N) is 2. The summed E-state index contributed by atoms with van der Waals surface area (Å²) in [6, 6.07) is 6.56. The number of hydrogen-bond donors (Lipinski definition) is 2. The SMILES string of the molecule is CC(=O)NNC(=O)c1nn(C(C)C)c(=O)c2ccccc12. The van der Waals surface area contributed by atoms with Gasteiger partial charge in [0, 0.05) is 12.3 Å². The number of aromatic nitrogens is 2. The Morgan fingerprint density at radius 1 is 1.14 bits per heavy atom. The van der Waals surface area contributed by atoms with E-state index in [1.807, 2.05) is 0 Å². The average molecular weight is 288 g/mol. The van der Waals surface area contributed by atoms with E-state index in [2.05, 4.69) is 16.0 Å². The van der Waals surface area contributed by atoms with Gasteiger partial charge in [-0.05, 0) is 19.9 Å². The second kappa shape index (κ2) is 5.74. The van der Waals surface area contributed by atoms with Gasteiger partial charge in [0.15, 0.2) is 5.69 Å². The van der Waals surface area contributed by atoms with E-state index in [4.69, 9.17) is 0 Å². The molecule has 0 unspecified atom stereocenters. The van der Waals surface area contributed by atoms with Crippen molar-refractivity contribution in [3.63, 3.8) is 0 Å². The second-order valence-electron chi connectivity index (χ2n) is 4.87. The molecule has 0 bridgehead atoms. The summed E-state index contributed by atoms with van der Waals surface area (Å²) in [5.74, 6) is -0.972. The number of hydrazine groups is 1. The molecule has 1 heterocycles. The third-order valence-electron chi connectivity index (χ3n) is 2.88. The minimum Gasteiger partial charge on any atom is -0.274 e. The number of amides is 2. The van der Waals surface area contributed by atoms with Crippen LogP contribution < -0.4 is 16.4 Å². The van der Waals surface area contributed by atoms with Gasteiger partial charge in [0.2, 0.25) is 5.91 Å². The van der Waals surface area contributed by atoms with Crippen molar-refractivity contribution in [1.29, 1.82) is 0 Å². The number of carbonyl (C=O) groups is 2. The molecule has 0 aliphatic carbocycles. The topological polar surface area (TPSA) is 93.1 Å². The lowest BCUT2D eigenvalue weighted by atomic mass is 10.1. The van der Waals surface area contributed by atoms with Gasteiger partial charge in [-0.1, -0.05) is 18.2 Å². The standard InChI is InChI=1S/C14H16N4O3/c1-8(2)18-14(21)11-7-5-4-6-10(11)12(17-18)13(20)16-15-9(3)19/h4-8H,1-3H3,(H,15,19)(H,16,20). The zero-order valence-electron chi connectivity index (χ0n) is 12.0. The molecule has 7 heteroatoms. The smallest absolute Gasteiger partial charge is 0.274 e. The molecule has 2 N–H and O–H groups in total. The van der Waals surface area contributed by atoms with Gasteiger partial charge < -0.3 is 0 Å². The normalized spacial score (nSPS) is 10.7. The van der Waals surface area contributed by atoms with E-state index >= 15 is 0 Å². The van der Waals surface area contributed by atoms with Crippen LogP contribution in [-0.4, -0.2) is 21.6 Å². The Kier molecular flexibility index (Phi) is 4.02. The molecule has 0 spiro atoms. The van der Waals surface area contributed by atoms with Crippen LogP contribution in [0.1, 0.15) is 37.3 Å². The predicted octanol–water partition coefficient (Wildman–Crippen LogP) is 0.758. The Morgan fingerprint density at radius 2 is 1.76 bits per heavy atom. The molecule has 1 aromatic carbocycles. The van der Waals surface area contributed by atoms with Crippen LogP contribution in [0.5, 0.6) is 0 Å². The summed E-state index contributed by atoms with van der Waals surface area (Å²) >= 11 is 0. The highest BCUT2D eigenvalue weighted by atomic mass is 16.2. The van der Waals surface area contributed by atoms with E-state index in [1.165, 1.54) is 11.6 Å². The van der Waals surface area contributed by atoms with Crippen LogP contribution in [0, 0.1) is 0 Å². The lowest BCUT2D eigenvalue weighted by molar-refractivity contribution is -0.119. The first kappa shape index (κ1) is 14.7. The van der Waals surface area contributed by atoms with Crippen molar-refractivity contribution >= 4 is 22.6 Å². The number of rotatable bonds is 2. The van der Waals surface area contributed by atoms with Crippen LogP contribution in [-0.2, 0) is 4.79 Å². The van der Waals surface area contributed by atoms with Crippen molar-refractivity contribution in [2.75, 3.05) is 0 Å². The quantitative estimate of drug-likeness (QED) is 0.798. The zero-order chi connectivity index (χ0) is 15.6. The molecule has 2 rings (SSSR count). The molecule has 110 valence electrons. The lowest BCUT2D eigenvalue weighted by Gasteiger charge is -2.13. The van der Waals surface area contributed by atoms with Gasteiger partial charge in [-0.15, -0.1) is 0 Å². The Morgan fingerprint density at radius 3 is 2.33 bits per heavy atom. The largest absolute Gasteiger partial charge is 0.290 e. The van der Waals surface area contributed by atoms with Gasteiger partial charge >= 0.3 is 0 Å². The van der Waals surface area contributed by atoms with Gasteiger partial charge in [-0.25, -0.2) is 4.68 Å². The fourth-order valence-corrected chi connectivity index (χ4v) is 1.93. The van der Waals surface area contributed by atoms with E-state index in [0.717, 1.165) is 0 Å². The molecule has 0 aliphatic rings. The van der Waals surface area contributed by atoms with Crippen molar-refractivity contribution < 1.29 is 9.59 Å². The van der Waals surface area contributed by atoms with Crippen LogP contribution in [0.4, 0.5) is 0 Å². The van der Waals surface area contributed by atoms with Gasteiger partial charge in [0.05, 0.1) is 11.4 Å². The fourth-order valence-electron chi connectivity index (χ4n) is 1.93. The van der Waals surface area contributed by atoms with E-state index in [9.17, 15) is 14.4 Å². The fraction of sp³-hybridized carbons (Fsp3) is 0.286. The zero-order valence-corrected chi connectivity index (χ0v) is 12.0. The molecule has 0 saturated heterocycles. The number of nitrogens with zero attached hydrogens (tertiary/aromatic N) is 2. The first-order chi connectivity index (χ1) is 9.91. The highest BCUT2D eigenvalue weighted by molar-refractivity contribution is 6.05. The van der Waals surface area contributed by atoms with Gasteiger partial charge in [-0.2, -0.15) is 5.10 Å². The Hall–Kier alpha value is -2.70. The summed E-state index contributed by atoms with van der Waals surface area (Å²) in [7, 11) is 0. The average Bonchev–Trinajstić information content (AvgIpc) is 2.45. The first-order valence-corrected chi connectivity index (χ1v) is 6.50. The van der Waals surface area contributed by atoms with Crippen molar-refractivity contribution in [2.45, 2.75) is 26.8 Å². The maximum absolute atomic E-state index is 12.3. The molecule has 2 aromatic rings. The van der Waals surface area contributed by atoms with Crippen LogP contribution in [0.15, 0.2) is 29.1 Å². The monoisotopic (exact) mass is 288 g/mol. The maximum atomic E-state index is 12.3. The minimum absolute atomic E-state index is 0.0904. The molecule has 7 nitrogen and oxygen atoms in total. The minimum atomic E-state index is -0.573. The number of hydrogen-bond acceptors (Lipinski definition) is 4. The van der Waals surface area contributed by atoms with Crippen LogP contribution in [0.25, 0.3) is 10.8 Å². The van der Waals surface area contributed by atoms with Gasteiger partial charge in [0.1, 0.15) is 0 Å². The highest BCUT2D eigenvalue weighted by Crippen LogP contribution is 2.14. The van der Waals surface area contributed by atoms with E-state index in [1.54, 1.807) is 38.1 Å². The van der Waals surface area contributed by atoms with Crippen molar-refractivity contribution in [2.24, 2.45) is 0 Å². The van der Waals surface area contributed by atoms with Crippen LogP contribution in [0.3, 0.4) is 0 Å². The number of benzene rings is 1. The molecule has 1 aromatic heterocycles. The summed E-state index contributed by atoms with van der Waals surface area (Å²) in [6.45, 7) is 4.89. The third kappa shape index (κ3) is 2.91. The van der Waals surface area contributed by atoms with Crippen molar-refractivity contribution in [3.05, 3.63) is 40.3 Å². The first-order valence-electron chi connectivity index (χ1n) is 6.50. The summed E-state index contributed by atoms with van der Waals surface area (Å²) < 4.78 is 1.25. The molecule has 0 aliphatic heterocycles. The summed E-state index contributed by atoms with van der Waals surface area (Å²) in [6.07, 6.45) is 0. The lowest BCUT2D eigenvalue weighted by Crippen LogP contribution is -2.41. The summed E-state index contributed by atoms with van der Waals surface area (Å²) in [4.78, 5) is 35.3. The van der Waals surface area contributed by atoms with Crippen molar-refractivity contribution in [1.82, 2.24) is 20.6 Å². The Bertz CT molecular complexity index is 764. The van der Waals surface area contributed by atoms with Crippen LogP contribution in [0.2, 0.25) is 0 Å². The molecular weight excluding hydrogens is 272 g/mol. The molecule has 0 saturated carbocycles.